The molecular weight excluding hydrogens is 302 g/mol. The molecule has 0 spiro atoms. The molecule has 24 heavy (non-hydrogen) atoms. The highest BCUT2D eigenvalue weighted by Gasteiger charge is 2.22. The third kappa shape index (κ3) is 3.78. The van der Waals surface area contributed by atoms with Crippen LogP contribution in [0.15, 0.2) is 24.3 Å². The van der Waals surface area contributed by atoms with Gasteiger partial charge in [-0.1, -0.05) is 26.7 Å². The van der Waals surface area contributed by atoms with Gasteiger partial charge in [0.15, 0.2) is 0 Å². The first-order valence-electron chi connectivity index (χ1n) is 8.75. The van der Waals surface area contributed by atoms with Crippen molar-refractivity contribution in [3.8, 4) is 0 Å². The molecule has 1 aliphatic rings. The number of carbonyl (C=O) groups is 2. The standard InChI is InChI=1S/C19H25N3O2/c1-12(2)11-20-19(24)17-10-14-9-15(7-8-16(14)22-17)21-18(23)13-5-3-4-6-13/h7-10,12-13,22H,3-6,11H2,1-2H3,(H,20,24)(H,21,23). The monoisotopic (exact) mass is 327 g/mol. The number of amides is 2. The molecule has 5 nitrogen and oxygen atoms in total. The normalized spacial score (nSPS) is 15.1. The summed E-state index contributed by atoms with van der Waals surface area (Å²) in [7, 11) is 0. The molecule has 1 saturated carbocycles. The minimum Gasteiger partial charge on any atom is -0.351 e. The van der Waals surface area contributed by atoms with Gasteiger partial charge < -0.3 is 15.6 Å². The van der Waals surface area contributed by atoms with Gasteiger partial charge in [0.25, 0.3) is 5.91 Å². The Hall–Kier alpha value is -2.30. The summed E-state index contributed by atoms with van der Waals surface area (Å²) < 4.78 is 0. The number of rotatable bonds is 5. The largest absolute Gasteiger partial charge is 0.351 e. The van der Waals surface area contributed by atoms with E-state index in [0.29, 0.717) is 18.2 Å². The number of H-pyrrole nitrogens is 1. The van der Waals surface area contributed by atoms with Crippen molar-refractivity contribution in [1.29, 1.82) is 0 Å². The summed E-state index contributed by atoms with van der Waals surface area (Å²) in [5, 5.41) is 6.83. The van der Waals surface area contributed by atoms with Crippen LogP contribution in [0.25, 0.3) is 10.9 Å². The first kappa shape index (κ1) is 16.6. The fourth-order valence-corrected chi connectivity index (χ4v) is 3.16. The van der Waals surface area contributed by atoms with Crippen LogP contribution in [-0.2, 0) is 4.79 Å². The quantitative estimate of drug-likeness (QED) is 0.783. The lowest BCUT2D eigenvalue weighted by atomic mass is 10.1. The Morgan fingerprint density at radius 1 is 1.21 bits per heavy atom. The predicted octanol–water partition coefficient (Wildman–Crippen LogP) is 3.68. The SMILES string of the molecule is CC(C)CNC(=O)c1cc2cc(NC(=O)C3CCCC3)ccc2[nH]1. The van der Waals surface area contributed by atoms with E-state index in [1.54, 1.807) is 0 Å². The highest BCUT2D eigenvalue weighted by molar-refractivity contribution is 6.00. The maximum atomic E-state index is 12.2. The van der Waals surface area contributed by atoms with Gasteiger partial charge in [0, 0.05) is 29.1 Å². The van der Waals surface area contributed by atoms with Crippen molar-refractivity contribution < 1.29 is 9.59 Å². The number of nitrogens with one attached hydrogen (secondary N) is 3. The van der Waals surface area contributed by atoms with E-state index < -0.39 is 0 Å². The summed E-state index contributed by atoms with van der Waals surface area (Å²) in [4.78, 5) is 27.5. The van der Waals surface area contributed by atoms with E-state index in [-0.39, 0.29) is 17.7 Å². The van der Waals surface area contributed by atoms with Crippen molar-refractivity contribution >= 4 is 28.4 Å². The molecule has 2 amide bonds. The highest BCUT2D eigenvalue weighted by atomic mass is 16.2. The van der Waals surface area contributed by atoms with Crippen LogP contribution in [0.5, 0.6) is 0 Å². The third-order valence-corrected chi connectivity index (χ3v) is 4.53. The summed E-state index contributed by atoms with van der Waals surface area (Å²) in [6.45, 7) is 4.77. The van der Waals surface area contributed by atoms with Crippen molar-refractivity contribution in [2.45, 2.75) is 39.5 Å². The third-order valence-electron chi connectivity index (χ3n) is 4.53. The lowest BCUT2D eigenvalue weighted by Crippen LogP contribution is -2.27. The lowest BCUT2D eigenvalue weighted by molar-refractivity contribution is -0.119. The highest BCUT2D eigenvalue weighted by Crippen LogP contribution is 2.27. The Labute approximate surface area is 142 Å². The summed E-state index contributed by atoms with van der Waals surface area (Å²) in [6.07, 6.45) is 4.25. The summed E-state index contributed by atoms with van der Waals surface area (Å²) in [6, 6.07) is 7.52. The average Bonchev–Trinajstić information content (AvgIpc) is 3.21. The predicted molar refractivity (Wildman–Crippen MR) is 96.1 cm³/mol. The molecular formula is C19H25N3O2. The molecule has 1 aromatic carbocycles. The van der Waals surface area contributed by atoms with Crippen LogP contribution >= 0.6 is 0 Å². The molecule has 3 rings (SSSR count). The van der Waals surface area contributed by atoms with Crippen LogP contribution in [0.2, 0.25) is 0 Å². The minimum atomic E-state index is -0.101. The van der Waals surface area contributed by atoms with Crippen LogP contribution in [-0.4, -0.2) is 23.3 Å². The molecule has 1 heterocycles. The second kappa shape index (κ2) is 7.07. The second-order valence-corrected chi connectivity index (χ2v) is 7.06. The Morgan fingerprint density at radius 3 is 2.67 bits per heavy atom. The first-order chi connectivity index (χ1) is 11.5. The van der Waals surface area contributed by atoms with Crippen molar-refractivity contribution in [1.82, 2.24) is 10.3 Å². The fourth-order valence-electron chi connectivity index (χ4n) is 3.16. The van der Waals surface area contributed by atoms with Crippen LogP contribution in [0.4, 0.5) is 5.69 Å². The van der Waals surface area contributed by atoms with E-state index in [1.165, 1.54) is 0 Å². The number of aromatic amines is 1. The van der Waals surface area contributed by atoms with Gasteiger partial charge in [0.05, 0.1) is 0 Å². The van der Waals surface area contributed by atoms with E-state index in [0.717, 1.165) is 42.3 Å². The minimum absolute atomic E-state index is 0.101. The zero-order chi connectivity index (χ0) is 17.1. The lowest BCUT2D eigenvalue weighted by Gasteiger charge is -2.10. The Bertz CT molecular complexity index is 742. The van der Waals surface area contributed by atoms with Crippen LogP contribution in [0.3, 0.4) is 0 Å². The molecule has 0 aliphatic heterocycles. The van der Waals surface area contributed by atoms with Crippen molar-refractivity contribution in [3.63, 3.8) is 0 Å². The van der Waals surface area contributed by atoms with Crippen molar-refractivity contribution in [2.75, 3.05) is 11.9 Å². The van der Waals surface area contributed by atoms with Gasteiger partial charge >= 0.3 is 0 Å². The zero-order valence-electron chi connectivity index (χ0n) is 14.3. The van der Waals surface area contributed by atoms with Gasteiger partial charge in [-0.25, -0.2) is 0 Å². The Morgan fingerprint density at radius 2 is 1.96 bits per heavy atom. The summed E-state index contributed by atoms with van der Waals surface area (Å²) >= 11 is 0. The van der Waals surface area contributed by atoms with E-state index in [1.807, 2.05) is 24.3 Å². The molecule has 0 unspecified atom stereocenters. The molecule has 1 aliphatic carbocycles. The molecule has 0 radical (unpaired) electrons. The van der Waals surface area contributed by atoms with E-state index in [4.69, 9.17) is 0 Å². The summed E-state index contributed by atoms with van der Waals surface area (Å²) in [5.74, 6) is 0.564. The molecule has 0 atom stereocenters. The molecule has 2 aromatic rings. The average molecular weight is 327 g/mol. The van der Waals surface area contributed by atoms with Gasteiger partial charge in [-0.15, -0.1) is 0 Å². The van der Waals surface area contributed by atoms with Crippen LogP contribution < -0.4 is 10.6 Å². The van der Waals surface area contributed by atoms with Gasteiger partial charge in [-0.2, -0.15) is 0 Å². The number of hydrogen-bond donors (Lipinski definition) is 3. The Kier molecular flexibility index (Phi) is 4.88. The van der Waals surface area contributed by atoms with E-state index in [2.05, 4.69) is 29.5 Å². The topological polar surface area (TPSA) is 74.0 Å². The maximum absolute atomic E-state index is 12.2. The van der Waals surface area contributed by atoms with E-state index in [9.17, 15) is 9.59 Å². The number of aromatic nitrogens is 1. The van der Waals surface area contributed by atoms with Gasteiger partial charge in [-0.05, 0) is 43.0 Å². The van der Waals surface area contributed by atoms with Crippen molar-refractivity contribution in [2.24, 2.45) is 11.8 Å². The van der Waals surface area contributed by atoms with Gasteiger partial charge in [0.2, 0.25) is 5.91 Å². The van der Waals surface area contributed by atoms with Crippen LogP contribution in [0.1, 0.15) is 50.0 Å². The molecule has 1 aromatic heterocycles. The Balaban J connectivity index is 1.71. The van der Waals surface area contributed by atoms with E-state index >= 15 is 0 Å². The van der Waals surface area contributed by atoms with Gasteiger partial charge in [0.1, 0.15) is 5.69 Å². The molecule has 1 fully saturated rings. The van der Waals surface area contributed by atoms with Crippen LogP contribution in [0, 0.1) is 11.8 Å². The maximum Gasteiger partial charge on any atom is 0.267 e. The zero-order valence-corrected chi connectivity index (χ0v) is 14.3. The summed E-state index contributed by atoms with van der Waals surface area (Å²) in [5.41, 5.74) is 2.22. The molecule has 0 saturated heterocycles. The van der Waals surface area contributed by atoms with Crippen molar-refractivity contribution in [3.05, 3.63) is 30.0 Å². The number of fused-ring (bicyclic) bond motifs is 1. The molecule has 3 N–H and O–H groups in total. The fraction of sp³-hybridized carbons (Fsp3) is 0.474. The molecule has 5 heteroatoms. The second-order valence-electron chi connectivity index (χ2n) is 7.06. The number of carbonyl (C=O) groups excluding carboxylic acids is 2. The van der Waals surface area contributed by atoms with Gasteiger partial charge in [-0.3, -0.25) is 9.59 Å². The number of benzene rings is 1. The number of anilines is 1. The smallest absolute Gasteiger partial charge is 0.267 e. The first-order valence-corrected chi connectivity index (χ1v) is 8.75. The molecule has 128 valence electrons. The number of hydrogen-bond acceptors (Lipinski definition) is 2. The molecule has 0 bridgehead atoms.